The summed E-state index contributed by atoms with van der Waals surface area (Å²) < 4.78 is 30.3. The zero-order valence-electron chi connectivity index (χ0n) is 10.6. The molecule has 1 saturated carbocycles. The topological polar surface area (TPSA) is 26.3 Å². The Bertz CT molecular complexity index is 493. The van der Waals surface area contributed by atoms with Gasteiger partial charge in [0.2, 0.25) is 0 Å². The number of rotatable bonds is 2. The summed E-state index contributed by atoms with van der Waals surface area (Å²) in [4.78, 5) is 12.6. The van der Waals surface area contributed by atoms with Gasteiger partial charge in [0.15, 0.2) is 5.78 Å². The molecule has 0 amide bonds. The Morgan fingerprint density at radius 3 is 2.53 bits per heavy atom. The molecule has 0 bridgehead atoms. The van der Waals surface area contributed by atoms with Crippen molar-refractivity contribution in [1.29, 1.82) is 0 Å². The van der Waals surface area contributed by atoms with Gasteiger partial charge in [0.1, 0.15) is 6.10 Å². The van der Waals surface area contributed by atoms with Gasteiger partial charge in [0, 0.05) is 5.56 Å². The first-order chi connectivity index (χ1) is 9.15. The van der Waals surface area contributed by atoms with E-state index in [1.807, 2.05) is 0 Å². The maximum Gasteiger partial charge on any atom is 0.345 e. The van der Waals surface area contributed by atoms with Gasteiger partial charge in [-0.05, 0) is 18.4 Å². The van der Waals surface area contributed by atoms with Crippen LogP contribution in [0.5, 0.6) is 0 Å². The number of ketones is 1. The molecule has 0 radical (unpaired) electrons. The summed E-state index contributed by atoms with van der Waals surface area (Å²) in [5, 5.41) is 0. The number of Topliss-reactive ketones (excluding diaryl/α,β-unsaturated/α-hetero) is 1. The maximum atomic E-state index is 12.7. The molecule has 1 spiro atoms. The predicted molar refractivity (Wildman–Crippen MR) is 66.1 cm³/mol. The van der Waals surface area contributed by atoms with E-state index in [1.165, 1.54) is 0 Å². The second-order valence-electron chi connectivity index (χ2n) is 5.41. The van der Waals surface area contributed by atoms with E-state index in [0.717, 1.165) is 19.3 Å². The van der Waals surface area contributed by atoms with E-state index in [1.54, 1.807) is 24.3 Å². The Morgan fingerprint density at radius 1 is 1.16 bits per heavy atom. The number of ether oxygens (including phenoxy) is 1. The highest BCUT2D eigenvalue weighted by Crippen LogP contribution is 2.55. The molecular weight excluding hydrogens is 250 g/mol. The molecule has 1 fully saturated rings. The Labute approximate surface area is 110 Å². The molecule has 3 rings (SSSR count). The second-order valence-corrected chi connectivity index (χ2v) is 5.41. The first-order valence-electron chi connectivity index (χ1n) is 6.72. The zero-order valence-corrected chi connectivity index (χ0v) is 10.6. The van der Waals surface area contributed by atoms with Crippen LogP contribution in [0.25, 0.3) is 0 Å². The van der Waals surface area contributed by atoms with Crippen molar-refractivity contribution in [2.45, 2.75) is 44.8 Å². The van der Waals surface area contributed by atoms with Gasteiger partial charge in [-0.25, -0.2) is 0 Å². The number of halogens is 2. The Morgan fingerprint density at radius 2 is 1.84 bits per heavy atom. The summed E-state index contributed by atoms with van der Waals surface area (Å²) in [5.41, 5.74) is 0.447. The van der Waals surface area contributed by atoms with E-state index < -0.39 is 18.1 Å². The standard InChI is InChI=1S/C15H16F2O2/c16-14(17)19-13-11-7-3-2-6-10(11)12(18)15(13)8-4-1-5-9-15/h2-3,6-7,13-14H,1,4-5,8-9H2. The van der Waals surface area contributed by atoms with Crippen LogP contribution in [0, 0.1) is 5.41 Å². The third kappa shape index (κ3) is 1.89. The largest absolute Gasteiger partial charge is 0.345 e. The Hall–Kier alpha value is -1.29. The van der Waals surface area contributed by atoms with E-state index >= 15 is 0 Å². The second kappa shape index (κ2) is 4.67. The monoisotopic (exact) mass is 266 g/mol. The molecule has 1 atom stereocenters. The lowest BCUT2D eigenvalue weighted by Gasteiger charge is -2.37. The van der Waals surface area contributed by atoms with Crippen molar-refractivity contribution in [2.24, 2.45) is 5.41 Å². The van der Waals surface area contributed by atoms with Crippen molar-refractivity contribution in [3.05, 3.63) is 35.4 Å². The average Bonchev–Trinajstić information content (AvgIpc) is 2.63. The van der Waals surface area contributed by atoms with Gasteiger partial charge in [-0.3, -0.25) is 4.79 Å². The third-order valence-electron chi connectivity index (χ3n) is 4.43. The third-order valence-corrected chi connectivity index (χ3v) is 4.43. The quantitative estimate of drug-likeness (QED) is 0.805. The van der Waals surface area contributed by atoms with Crippen molar-refractivity contribution in [3.8, 4) is 0 Å². The number of hydrogen-bond donors (Lipinski definition) is 0. The lowest BCUT2D eigenvalue weighted by atomic mass is 9.70. The van der Waals surface area contributed by atoms with Gasteiger partial charge in [0.05, 0.1) is 5.41 Å². The van der Waals surface area contributed by atoms with Crippen molar-refractivity contribution in [1.82, 2.24) is 0 Å². The predicted octanol–water partition coefficient (Wildman–Crippen LogP) is 4.11. The average molecular weight is 266 g/mol. The number of alkyl halides is 2. The van der Waals surface area contributed by atoms with Crippen molar-refractivity contribution in [2.75, 3.05) is 0 Å². The minimum absolute atomic E-state index is 0.00606. The summed E-state index contributed by atoms with van der Waals surface area (Å²) in [6, 6.07) is 7.01. The van der Waals surface area contributed by atoms with E-state index in [-0.39, 0.29) is 5.78 Å². The van der Waals surface area contributed by atoms with Crippen LogP contribution in [0.2, 0.25) is 0 Å². The van der Waals surface area contributed by atoms with Crippen LogP contribution < -0.4 is 0 Å². The Balaban J connectivity index is 2.06. The summed E-state index contributed by atoms with van der Waals surface area (Å²) >= 11 is 0. The number of carbonyl (C=O) groups is 1. The maximum absolute atomic E-state index is 12.7. The number of benzene rings is 1. The van der Waals surface area contributed by atoms with Gasteiger partial charge in [-0.15, -0.1) is 0 Å². The van der Waals surface area contributed by atoms with Crippen molar-refractivity contribution >= 4 is 5.78 Å². The van der Waals surface area contributed by atoms with Crippen LogP contribution in [0.3, 0.4) is 0 Å². The first kappa shape index (κ1) is 12.7. The van der Waals surface area contributed by atoms with Crippen molar-refractivity contribution in [3.63, 3.8) is 0 Å². The fourth-order valence-electron chi connectivity index (χ4n) is 3.60. The van der Waals surface area contributed by atoms with E-state index in [0.29, 0.717) is 24.0 Å². The van der Waals surface area contributed by atoms with E-state index in [4.69, 9.17) is 4.74 Å². The van der Waals surface area contributed by atoms with Crippen LogP contribution in [0.1, 0.15) is 54.1 Å². The fraction of sp³-hybridized carbons (Fsp3) is 0.533. The van der Waals surface area contributed by atoms with Crippen LogP contribution >= 0.6 is 0 Å². The molecular formula is C15H16F2O2. The fourth-order valence-corrected chi connectivity index (χ4v) is 3.60. The first-order valence-corrected chi connectivity index (χ1v) is 6.72. The SMILES string of the molecule is O=C1c2ccccc2C(OC(F)F)C12CCCCC2. The molecule has 19 heavy (non-hydrogen) atoms. The smallest absolute Gasteiger partial charge is 0.314 e. The highest BCUT2D eigenvalue weighted by Gasteiger charge is 2.54. The lowest BCUT2D eigenvalue weighted by Crippen LogP contribution is -2.35. The summed E-state index contributed by atoms with van der Waals surface area (Å²) in [6.07, 6.45) is 3.39. The normalized spacial score (nSPS) is 25.0. The highest BCUT2D eigenvalue weighted by molar-refractivity contribution is 6.05. The molecule has 0 heterocycles. The molecule has 4 heteroatoms. The molecule has 1 aromatic carbocycles. The molecule has 1 aromatic rings. The van der Waals surface area contributed by atoms with Gasteiger partial charge in [-0.1, -0.05) is 43.5 Å². The molecule has 0 aromatic heterocycles. The van der Waals surface area contributed by atoms with Gasteiger partial charge in [0.25, 0.3) is 0 Å². The molecule has 102 valence electrons. The molecule has 2 aliphatic carbocycles. The van der Waals surface area contributed by atoms with Gasteiger partial charge < -0.3 is 4.74 Å². The molecule has 1 unspecified atom stereocenters. The van der Waals surface area contributed by atoms with Crippen LogP contribution in [-0.2, 0) is 4.74 Å². The zero-order chi connectivity index (χ0) is 13.5. The molecule has 0 saturated heterocycles. The van der Waals surface area contributed by atoms with Crippen LogP contribution in [0.4, 0.5) is 8.78 Å². The van der Waals surface area contributed by atoms with Crippen LogP contribution in [-0.4, -0.2) is 12.4 Å². The van der Waals surface area contributed by atoms with Crippen molar-refractivity contribution < 1.29 is 18.3 Å². The summed E-state index contributed by atoms with van der Waals surface area (Å²) in [5.74, 6) is -0.00606. The molecule has 0 N–H and O–H groups in total. The minimum Gasteiger partial charge on any atom is -0.314 e. The van der Waals surface area contributed by atoms with Crippen LogP contribution in [0.15, 0.2) is 24.3 Å². The van der Waals surface area contributed by atoms with Gasteiger partial charge >= 0.3 is 6.61 Å². The van der Waals surface area contributed by atoms with E-state index in [2.05, 4.69) is 0 Å². The van der Waals surface area contributed by atoms with Gasteiger partial charge in [-0.2, -0.15) is 8.78 Å². The number of fused-ring (bicyclic) bond motifs is 1. The lowest BCUT2D eigenvalue weighted by molar-refractivity contribution is -0.191. The van der Waals surface area contributed by atoms with E-state index in [9.17, 15) is 13.6 Å². The number of carbonyl (C=O) groups excluding carboxylic acids is 1. The number of hydrogen-bond acceptors (Lipinski definition) is 2. The summed E-state index contributed by atoms with van der Waals surface area (Å²) in [6.45, 7) is -2.84. The highest BCUT2D eigenvalue weighted by atomic mass is 19.3. The molecule has 2 nitrogen and oxygen atoms in total. The molecule has 2 aliphatic rings. The summed E-state index contributed by atoms with van der Waals surface area (Å²) in [7, 11) is 0. The minimum atomic E-state index is -2.84. The Kier molecular flexibility index (Phi) is 3.13. The molecule has 0 aliphatic heterocycles.